The van der Waals surface area contributed by atoms with Gasteiger partial charge in [0, 0.05) is 6.54 Å². The van der Waals surface area contributed by atoms with E-state index in [0.717, 1.165) is 21.6 Å². The van der Waals surface area contributed by atoms with Crippen LogP contribution in [-0.2, 0) is 38.9 Å². The molecule has 1 fully saturated rings. The number of allylic oxidation sites excluding steroid dienone is 2. The van der Waals surface area contributed by atoms with Crippen LogP contribution in [0.5, 0.6) is 0 Å². The molecule has 2 aromatic rings. The average molecular weight is 418 g/mol. The number of carbonyl (C=O) groups is 3. The Morgan fingerprint density at radius 2 is 1.48 bits per heavy atom. The summed E-state index contributed by atoms with van der Waals surface area (Å²) in [6.45, 7) is 1.13. The molecule has 1 saturated heterocycles. The van der Waals surface area contributed by atoms with E-state index in [4.69, 9.17) is 4.74 Å². The first-order chi connectivity index (χ1) is 15.1. The van der Waals surface area contributed by atoms with Gasteiger partial charge < -0.3 is 10.1 Å². The zero-order chi connectivity index (χ0) is 21.6. The van der Waals surface area contributed by atoms with Crippen LogP contribution in [-0.4, -0.2) is 29.2 Å². The molecule has 2 aromatic carbocycles. The first kappa shape index (κ1) is 21.0. The Morgan fingerprint density at radius 3 is 2.19 bits per heavy atom. The second-order valence-corrected chi connectivity index (χ2v) is 7.99. The van der Waals surface area contributed by atoms with Crippen molar-refractivity contribution in [3.05, 3.63) is 83.4 Å². The van der Waals surface area contributed by atoms with Gasteiger partial charge in [0.05, 0.1) is 25.0 Å². The van der Waals surface area contributed by atoms with Gasteiger partial charge in [0.1, 0.15) is 6.54 Å². The molecule has 0 bridgehead atoms. The highest BCUT2D eigenvalue weighted by molar-refractivity contribution is 6.07. The van der Waals surface area contributed by atoms with Gasteiger partial charge in [-0.1, -0.05) is 66.7 Å². The van der Waals surface area contributed by atoms with Crippen molar-refractivity contribution in [2.75, 3.05) is 6.54 Å². The number of carbonyl (C=O) groups excluding carboxylic acids is 3. The van der Waals surface area contributed by atoms with E-state index in [1.165, 1.54) is 0 Å². The number of nitrogens with zero attached hydrogens (tertiary/aromatic N) is 1. The first-order valence-electron chi connectivity index (χ1n) is 10.6. The van der Waals surface area contributed by atoms with Gasteiger partial charge in [-0.2, -0.15) is 0 Å². The second kappa shape index (κ2) is 9.71. The number of ether oxygens (including phenoxy) is 1. The molecule has 0 radical (unpaired) electrons. The molecule has 1 heterocycles. The van der Waals surface area contributed by atoms with Crippen molar-refractivity contribution >= 4 is 17.7 Å². The van der Waals surface area contributed by atoms with Crippen LogP contribution < -0.4 is 5.32 Å². The van der Waals surface area contributed by atoms with E-state index in [1.54, 1.807) is 0 Å². The molecular formula is C25H26N2O4. The Morgan fingerprint density at radius 1 is 0.871 bits per heavy atom. The van der Waals surface area contributed by atoms with Crippen molar-refractivity contribution in [2.45, 2.75) is 32.6 Å². The summed E-state index contributed by atoms with van der Waals surface area (Å²) in [6, 6.07) is 17.8. The Balaban J connectivity index is 1.25. The smallest absolute Gasteiger partial charge is 0.240 e. The van der Waals surface area contributed by atoms with Crippen LogP contribution in [0.4, 0.5) is 0 Å². The fourth-order valence-corrected chi connectivity index (χ4v) is 4.12. The third-order valence-electron chi connectivity index (χ3n) is 5.76. The van der Waals surface area contributed by atoms with Gasteiger partial charge >= 0.3 is 0 Å². The van der Waals surface area contributed by atoms with Crippen molar-refractivity contribution in [3.8, 4) is 0 Å². The van der Waals surface area contributed by atoms with Gasteiger partial charge in [-0.25, -0.2) is 0 Å². The molecule has 4 rings (SSSR count). The van der Waals surface area contributed by atoms with E-state index in [0.29, 0.717) is 32.6 Å². The number of rotatable bonds is 8. The lowest BCUT2D eigenvalue weighted by molar-refractivity contribution is -0.143. The first-order valence-corrected chi connectivity index (χ1v) is 10.6. The number of hydrogen-bond acceptors (Lipinski definition) is 4. The van der Waals surface area contributed by atoms with Crippen molar-refractivity contribution < 1.29 is 19.1 Å². The number of hydrogen-bond donors (Lipinski definition) is 1. The van der Waals surface area contributed by atoms with Crippen LogP contribution in [0.25, 0.3) is 0 Å². The van der Waals surface area contributed by atoms with Gasteiger partial charge in [-0.05, 0) is 29.5 Å². The summed E-state index contributed by atoms with van der Waals surface area (Å²) >= 11 is 0. The molecule has 2 atom stereocenters. The number of benzene rings is 2. The minimum atomic E-state index is -0.334. The van der Waals surface area contributed by atoms with Gasteiger partial charge in [0.2, 0.25) is 17.7 Å². The van der Waals surface area contributed by atoms with Crippen LogP contribution in [0.3, 0.4) is 0 Å². The molecular weight excluding hydrogens is 392 g/mol. The minimum Gasteiger partial charge on any atom is -0.372 e. The molecule has 0 aromatic heterocycles. The second-order valence-electron chi connectivity index (χ2n) is 7.99. The molecule has 1 aliphatic carbocycles. The lowest BCUT2D eigenvalue weighted by Crippen LogP contribution is -2.40. The van der Waals surface area contributed by atoms with Crippen LogP contribution in [0, 0.1) is 11.8 Å². The molecule has 0 saturated carbocycles. The number of imide groups is 1. The molecule has 0 spiro atoms. The number of fused-ring (bicyclic) bond motifs is 1. The summed E-state index contributed by atoms with van der Waals surface area (Å²) in [5.41, 5.74) is 3.07. The van der Waals surface area contributed by atoms with Crippen LogP contribution in [0.1, 0.15) is 29.5 Å². The maximum Gasteiger partial charge on any atom is 0.240 e. The summed E-state index contributed by atoms with van der Waals surface area (Å²) in [5, 5.41) is 2.82. The summed E-state index contributed by atoms with van der Waals surface area (Å²) < 4.78 is 5.77. The van der Waals surface area contributed by atoms with E-state index < -0.39 is 0 Å². The number of nitrogens with one attached hydrogen (secondary N) is 1. The van der Waals surface area contributed by atoms with Crippen LogP contribution in [0.2, 0.25) is 0 Å². The predicted octanol–water partition coefficient (Wildman–Crippen LogP) is 2.97. The Kier molecular flexibility index (Phi) is 6.57. The monoisotopic (exact) mass is 418 g/mol. The van der Waals surface area contributed by atoms with Gasteiger partial charge in [0.15, 0.2) is 0 Å². The van der Waals surface area contributed by atoms with Crippen molar-refractivity contribution in [2.24, 2.45) is 11.8 Å². The van der Waals surface area contributed by atoms with E-state index in [2.05, 4.69) is 5.32 Å². The molecule has 31 heavy (non-hydrogen) atoms. The van der Waals surface area contributed by atoms with Crippen molar-refractivity contribution in [3.63, 3.8) is 0 Å². The fraction of sp³-hybridized carbons (Fsp3) is 0.320. The normalized spacial score (nSPS) is 20.1. The lowest BCUT2D eigenvalue weighted by Gasteiger charge is -2.14. The van der Waals surface area contributed by atoms with Crippen LogP contribution >= 0.6 is 0 Å². The Bertz CT molecular complexity index is 960. The minimum absolute atomic E-state index is 0.218. The topological polar surface area (TPSA) is 75.7 Å². The van der Waals surface area contributed by atoms with E-state index in [9.17, 15) is 14.4 Å². The van der Waals surface area contributed by atoms with Gasteiger partial charge in [-0.3, -0.25) is 19.3 Å². The maximum atomic E-state index is 12.5. The summed E-state index contributed by atoms with van der Waals surface area (Å²) in [5.74, 6) is -1.41. The number of amides is 3. The zero-order valence-electron chi connectivity index (χ0n) is 17.3. The summed E-state index contributed by atoms with van der Waals surface area (Å²) in [4.78, 5) is 38.5. The Hall–Kier alpha value is -3.25. The summed E-state index contributed by atoms with van der Waals surface area (Å²) in [7, 11) is 0. The molecule has 1 N–H and O–H groups in total. The van der Waals surface area contributed by atoms with E-state index >= 15 is 0 Å². The largest absolute Gasteiger partial charge is 0.372 e. The SMILES string of the molecule is O=C(CN1C(=O)C2CC=CCC2C1=O)NCc1cccc(COCc2ccccc2)c1. The summed E-state index contributed by atoms with van der Waals surface area (Å²) in [6.07, 6.45) is 5.03. The highest BCUT2D eigenvalue weighted by Gasteiger charge is 2.47. The predicted molar refractivity (Wildman–Crippen MR) is 115 cm³/mol. The third-order valence-corrected chi connectivity index (χ3v) is 5.76. The third kappa shape index (κ3) is 5.09. The lowest BCUT2D eigenvalue weighted by atomic mass is 9.85. The molecule has 6 nitrogen and oxygen atoms in total. The average Bonchev–Trinajstić information content (AvgIpc) is 3.04. The highest BCUT2D eigenvalue weighted by atomic mass is 16.5. The maximum absolute atomic E-state index is 12.5. The molecule has 3 amide bonds. The highest BCUT2D eigenvalue weighted by Crippen LogP contribution is 2.34. The zero-order valence-corrected chi connectivity index (χ0v) is 17.3. The molecule has 6 heteroatoms. The molecule has 2 aliphatic rings. The van der Waals surface area contributed by atoms with Gasteiger partial charge in [0.25, 0.3) is 0 Å². The van der Waals surface area contributed by atoms with Crippen molar-refractivity contribution in [1.29, 1.82) is 0 Å². The molecule has 2 unspecified atom stereocenters. The molecule has 160 valence electrons. The van der Waals surface area contributed by atoms with Crippen molar-refractivity contribution in [1.82, 2.24) is 10.2 Å². The van der Waals surface area contributed by atoms with E-state index in [-0.39, 0.29) is 36.1 Å². The van der Waals surface area contributed by atoms with E-state index in [1.807, 2.05) is 66.7 Å². The number of likely N-dealkylation sites (tertiary alicyclic amines) is 1. The quantitative estimate of drug-likeness (QED) is 0.528. The fourth-order valence-electron chi connectivity index (χ4n) is 4.12. The standard InChI is InChI=1S/C25H26N2O4/c28-23(15-27-24(29)21-11-4-5-12-22(21)25(27)30)26-14-19-9-6-10-20(13-19)17-31-16-18-7-2-1-3-8-18/h1-10,13,21-22H,11-12,14-17H2,(H,26,28). The van der Waals surface area contributed by atoms with Crippen LogP contribution in [0.15, 0.2) is 66.7 Å². The Labute approximate surface area is 181 Å². The van der Waals surface area contributed by atoms with Gasteiger partial charge in [-0.15, -0.1) is 0 Å². The molecule has 1 aliphatic heterocycles.